The summed E-state index contributed by atoms with van der Waals surface area (Å²) in [7, 11) is 0. The molecule has 0 radical (unpaired) electrons. The smallest absolute Gasteiger partial charge is 0.129 e. The van der Waals surface area contributed by atoms with Crippen LogP contribution in [0, 0.1) is 12.8 Å². The molecular formula is C10H14ClN. The van der Waals surface area contributed by atoms with E-state index in [0.717, 1.165) is 12.1 Å². The molecule has 0 bridgehead atoms. The lowest BCUT2D eigenvalue weighted by Gasteiger charge is -2.05. The molecule has 1 aromatic heterocycles. The van der Waals surface area contributed by atoms with Crippen molar-refractivity contribution in [1.29, 1.82) is 0 Å². The summed E-state index contributed by atoms with van der Waals surface area (Å²) in [5.41, 5.74) is 2.28. The van der Waals surface area contributed by atoms with Gasteiger partial charge in [0.2, 0.25) is 0 Å². The molecule has 0 aliphatic rings. The fourth-order valence-electron chi connectivity index (χ4n) is 1.29. The molecule has 66 valence electrons. The van der Waals surface area contributed by atoms with Crippen LogP contribution in [-0.2, 0) is 6.42 Å². The molecular weight excluding hydrogens is 170 g/mol. The van der Waals surface area contributed by atoms with Crippen LogP contribution < -0.4 is 0 Å². The van der Waals surface area contributed by atoms with Gasteiger partial charge in [0.05, 0.1) is 0 Å². The first-order chi connectivity index (χ1) is 5.58. The second-order valence-corrected chi connectivity index (χ2v) is 3.92. The predicted molar refractivity (Wildman–Crippen MR) is 52.5 cm³/mol. The number of aryl methyl sites for hydroxylation is 1. The molecule has 0 aliphatic heterocycles. The first kappa shape index (κ1) is 9.53. The molecule has 0 fully saturated rings. The van der Waals surface area contributed by atoms with Crippen LogP contribution in [0.2, 0.25) is 5.15 Å². The minimum absolute atomic E-state index is 0.602. The Kier molecular flexibility index (Phi) is 3.10. The van der Waals surface area contributed by atoms with E-state index < -0.39 is 0 Å². The molecule has 0 atom stereocenters. The van der Waals surface area contributed by atoms with Crippen LogP contribution in [0.5, 0.6) is 0 Å². The Balaban J connectivity index is 2.85. The predicted octanol–water partition coefficient (Wildman–Crippen LogP) is 3.24. The molecule has 1 rings (SSSR count). The Morgan fingerprint density at radius 1 is 1.42 bits per heavy atom. The highest BCUT2D eigenvalue weighted by Crippen LogP contribution is 2.13. The molecule has 0 amide bonds. The number of hydrogen-bond donors (Lipinski definition) is 0. The van der Waals surface area contributed by atoms with Gasteiger partial charge in [0, 0.05) is 5.69 Å². The third kappa shape index (κ3) is 2.82. The zero-order chi connectivity index (χ0) is 9.14. The van der Waals surface area contributed by atoms with E-state index in [9.17, 15) is 0 Å². The van der Waals surface area contributed by atoms with E-state index in [0.29, 0.717) is 11.1 Å². The monoisotopic (exact) mass is 183 g/mol. The maximum absolute atomic E-state index is 5.82. The second-order valence-electron chi connectivity index (χ2n) is 3.54. The van der Waals surface area contributed by atoms with Gasteiger partial charge >= 0.3 is 0 Å². The minimum Gasteiger partial charge on any atom is -0.241 e. The SMILES string of the molecule is Cc1cc(CC(C)C)cc(Cl)n1. The highest BCUT2D eigenvalue weighted by molar-refractivity contribution is 6.29. The van der Waals surface area contributed by atoms with Crippen LogP contribution >= 0.6 is 11.6 Å². The van der Waals surface area contributed by atoms with Crippen LogP contribution in [0.1, 0.15) is 25.1 Å². The lowest BCUT2D eigenvalue weighted by molar-refractivity contribution is 0.646. The van der Waals surface area contributed by atoms with E-state index in [2.05, 4.69) is 24.9 Å². The number of aromatic nitrogens is 1. The number of halogens is 1. The number of rotatable bonds is 2. The Morgan fingerprint density at radius 2 is 2.08 bits per heavy atom. The molecule has 0 saturated heterocycles. The van der Waals surface area contributed by atoms with E-state index in [1.807, 2.05) is 13.0 Å². The number of hydrogen-bond acceptors (Lipinski definition) is 1. The molecule has 12 heavy (non-hydrogen) atoms. The molecule has 1 heterocycles. The lowest BCUT2D eigenvalue weighted by atomic mass is 10.0. The maximum atomic E-state index is 5.82. The molecule has 1 nitrogen and oxygen atoms in total. The van der Waals surface area contributed by atoms with Crippen molar-refractivity contribution in [2.75, 3.05) is 0 Å². The Bertz CT molecular complexity index is 248. The Morgan fingerprint density at radius 3 is 2.58 bits per heavy atom. The quantitative estimate of drug-likeness (QED) is 0.642. The summed E-state index contributed by atoms with van der Waals surface area (Å²) in [6.07, 6.45) is 1.07. The second kappa shape index (κ2) is 3.90. The zero-order valence-corrected chi connectivity index (χ0v) is 8.52. The highest BCUT2D eigenvalue weighted by atomic mass is 35.5. The number of pyridine rings is 1. The normalized spacial score (nSPS) is 10.8. The maximum Gasteiger partial charge on any atom is 0.129 e. The van der Waals surface area contributed by atoms with Crippen molar-refractivity contribution in [3.8, 4) is 0 Å². The van der Waals surface area contributed by atoms with Gasteiger partial charge < -0.3 is 0 Å². The van der Waals surface area contributed by atoms with Crippen molar-refractivity contribution in [2.45, 2.75) is 27.2 Å². The van der Waals surface area contributed by atoms with Gasteiger partial charge in [0.15, 0.2) is 0 Å². The van der Waals surface area contributed by atoms with Crippen molar-refractivity contribution in [1.82, 2.24) is 4.98 Å². The van der Waals surface area contributed by atoms with Crippen molar-refractivity contribution < 1.29 is 0 Å². The average molecular weight is 184 g/mol. The topological polar surface area (TPSA) is 12.9 Å². The van der Waals surface area contributed by atoms with E-state index >= 15 is 0 Å². The molecule has 0 spiro atoms. The van der Waals surface area contributed by atoms with Gasteiger partial charge in [-0.25, -0.2) is 4.98 Å². The van der Waals surface area contributed by atoms with Crippen LogP contribution in [0.4, 0.5) is 0 Å². The zero-order valence-electron chi connectivity index (χ0n) is 7.76. The van der Waals surface area contributed by atoms with E-state index in [1.165, 1.54) is 5.56 Å². The van der Waals surface area contributed by atoms with Crippen LogP contribution in [0.25, 0.3) is 0 Å². The lowest BCUT2D eigenvalue weighted by Crippen LogP contribution is -1.95. The molecule has 0 aromatic carbocycles. The van der Waals surface area contributed by atoms with E-state index in [1.54, 1.807) is 0 Å². The van der Waals surface area contributed by atoms with Gasteiger partial charge in [-0.05, 0) is 37.0 Å². The molecule has 0 saturated carbocycles. The first-order valence-corrected chi connectivity index (χ1v) is 4.59. The highest BCUT2D eigenvalue weighted by Gasteiger charge is 2.00. The Labute approximate surface area is 78.8 Å². The van der Waals surface area contributed by atoms with Crippen LogP contribution in [0.15, 0.2) is 12.1 Å². The van der Waals surface area contributed by atoms with E-state index in [-0.39, 0.29) is 0 Å². The van der Waals surface area contributed by atoms with Gasteiger partial charge in [0.1, 0.15) is 5.15 Å². The summed E-state index contributed by atoms with van der Waals surface area (Å²) < 4.78 is 0. The van der Waals surface area contributed by atoms with E-state index in [4.69, 9.17) is 11.6 Å². The van der Waals surface area contributed by atoms with Crippen LogP contribution in [-0.4, -0.2) is 4.98 Å². The molecule has 1 aromatic rings. The largest absolute Gasteiger partial charge is 0.241 e. The molecule has 0 unspecified atom stereocenters. The third-order valence-corrected chi connectivity index (χ3v) is 1.82. The summed E-state index contributed by atoms with van der Waals surface area (Å²) in [4.78, 5) is 4.11. The number of nitrogens with zero attached hydrogens (tertiary/aromatic N) is 1. The van der Waals surface area contributed by atoms with Gasteiger partial charge in [-0.15, -0.1) is 0 Å². The molecule has 2 heteroatoms. The van der Waals surface area contributed by atoms with Gasteiger partial charge in [-0.3, -0.25) is 0 Å². The van der Waals surface area contributed by atoms with Gasteiger partial charge in [-0.1, -0.05) is 25.4 Å². The Hall–Kier alpha value is -0.560. The van der Waals surface area contributed by atoms with Gasteiger partial charge in [0.25, 0.3) is 0 Å². The van der Waals surface area contributed by atoms with Crippen molar-refractivity contribution in [3.05, 3.63) is 28.5 Å². The summed E-state index contributed by atoms with van der Waals surface area (Å²) in [6, 6.07) is 4.03. The van der Waals surface area contributed by atoms with Crippen LogP contribution in [0.3, 0.4) is 0 Å². The molecule has 0 aliphatic carbocycles. The van der Waals surface area contributed by atoms with Gasteiger partial charge in [-0.2, -0.15) is 0 Å². The average Bonchev–Trinajstić information content (AvgIpc) is 1.81. The fraction of sp³-hybridized carbons (Fsp3) is 0.500. The van der Waals surface area contributed by atoms with Crippen molar-refractivity contribution in [3.63, 3.8) is 0 Å². The summed E-state index contributed by atoms with van der Waals surface area (Å²) in [5.74, 6) is 0.669. The minimum atomic E-state index is 0.602. The summed E-state index contributed by atoms with van der Waals surface area (Å²) >= 11 is 5.82. The summed E-state index contributed by atoms with van der Waals surface area (Å²) in [6.45, 7) is 6.36. The third-order valence-electron chi connectivity index (χ3n) is 1.63. The summed E-state index contributed by atoms with van der Waals surface area (Å²) in [5, 5.41) is 0.602. The van der Waals surface area contributed by atoms with Crippen molar-refractivity contribution in [2.24, 2.45) is 5.92 Å². The standard InChI is InChI=1S/C10H14ClN/c1-7(2)4-9-5-8(3)12-10(11)6-9/h5-7H,4H2,1-3H3. The molecule has 0 N–H and O–H groups in total. The first-order valence-electron chi connectivity index (χ1n) is 4.21. The fourth-order valence-corrected chi connectivity index (χ4v) is 1.56. The van der Waals surface area contributed by atoms with Crippen molar-refractivity contribution >= 4 is 11.6 Å².